The summed E-state index contributed by atoms with van der Waals surface area (Å²) in [6.45, 7) is 4.69. The van der Waals surface area contributed by atoms with Crippen LogP contribution in [0.15, 0.2) is 53.6 Å². The summed E-state index contributed by atoms with van der Waals surface area (Å²) < 4.78 is 29.9. The van der Waals surface area contributed by atoms with E-state index in [-0.39, 0.29) is 6.04 Å². The van der Waals surface area contributed by atoms with Crippen molar-refractivity contribution in [3.05, 3.63) is 60.0 Å². The van der Waals surface area contributed by atoms with Gasteiger partial charge in [-0.3, -0.25) is 4.40 Å². The quantitative estimate of drug-likeness (QED) is 0.706. The molecule has 3 aromatic rings. The van der Waals surface area contributed by atoms with E-state index >= 15 is 0 Å². The van der Waals surface area contributed by atoms with Crippen LogP contribution in [0, 0.1) is 0 Å². The monoisotopic (exact) mass is 370 g/mol. The molecule has 1 unspecified atom stereocenters. The van der Waals surface area contributed by atoms with Crippen molar-refractivity contribution in [2.24, 2.45) is 0 Å². The summed E-state index contributed by atoms with van der Waals surface area (Å²) in [5.74, 6) is 1.05. The minimum Gasteiger partial charge on any atom is -0.285 e. The van der Waals surface area contributed by atoms with Gasteiger partial charge in [0.15, 0.2) is 11.5 Å². The van der Waals surface area contributed by atoms with E-state index in [1.807, 2.05) is 40.9 Å². The summed E-state index contributed by atoms with van der Waals surface area (Å²) in [5, 5.41) is 8.45. The predicted octanol–water partition coefficient (Wildman–Crippen LogP) is 3.38. The second kappa shape index (κ2) is 6.48. The lowest BCUT2D eigenvalue weighted by Gasteiger charge is -2.23. The van der Waals surface area contributed by atoms with Crippen LogP contribution in [0.4, 0.5) is 0 Å². The third-order valence-electron chi connectivity index (χ3n) is 5.00. The first-order valence-electron chi connectivity index (χ1n) is 8.90. The van der Waals surface area contributed by atoms with Crippen LogP contribution in [0.25, 0.3) is 5.65 Å². The molecular weight excluding hydrogens is 348 g/mol. The van der Waals surface area contributed by atoms with Crippen LogP contribution in [-0.4, -0.2) is 33.9 Å². The number of fused-ring (bicyclic) bond motifs is 1. The van der Waals surface area contributed by atoms with Crippen molar-refractivity contribution in [2.75, 3.05) is 6.54 Å². The first-order valence-corrected chi connectivity index (χ1v) is 10.3. The van der Waals surface area contributed by atoms with E-state index in [1.54, 1.807) is 16.4 Å². The summed E-state index contributed by atoms with van der Waals surface area (Å²) >= 11 is 0. The highest BCUT2D eigenvalue weighted by molar-refractivity contribution is 7.89. The summed E-state index contributed by atoms with van der Waals surface area (Å²) in [4.78, 5) is 0.336. The number of rotatable bonds is 4. The summed E-state index contributed by atoms with van der Waals surface area (Å²) in [5.41, 5.74) is 1.86. The fourth-order valence-corrected chi connectivity index (χ4v) is 5.19. The maximum absolute atomic E-state index is 13.2. The fraction of sp³-hybridized carbons (Fsp3) is 0.368. The molecular formula is C19H22N4O2S. The van der Waals surface area contributed by atoms with Gasteiger partial charge in [-0.15, -0.1) is 10.2 Å². The SMILES string of the molecule is CC(C)c1ccc(S(=O)(=O)N2CCCC2c2nnc3ccccn23)cc1. The maximum atomic E-state index is 13.2. The van der Waals surface area contributed by atoms with Gasteiger partial charge >= 0.3 is 0 Å². The zero-order valence-corrected chi connectivity index (χ0v) is 15.7. The van der Waals surface area contributed by atoms with Crippen molar-refractivity contribution in [1.82, 2.24) is 18.9 Å². The molecule has 3 heterocycles. The molecule has 1 fully saturated rings. The maximum Gasteiger partial charge on any atom is 0.243 e. The van der Waals surface area contributed by atoms with E-state index in [9.17, 15) is 8.42 Å². The molecule has 0 spiro atoms. The molecule has 0 aliphatic carbocycles. The third-order valence-corrected chi connectivity index (χ3v) is 6.92. The van der Waals surface area contributed by atoms with Gasteiger partial charge < -0.3 is 0 Å². The number of hydrogen-bond acceptors (Lipinski definition) is 4. The van der Waals surface area contributed by atoms with Crippen molar-refractivity contribution < 1.29 is 8.42 Å². The standard InChI is InChI=1S/C19H22N4O2S/c1-14(2)15-8-10-16(11-9-15)26(24,25)23-13-5-6-17(23)19-21-20-18-7-3-4-12-22(18)19/h3-4,7-12,14,17H,5-6,13H2,1-2H3. The molecule has 26 heavy (non-hydrogen) atoms. The second-order valence-electron chi connectivity index (χ2n) is 6.98. The molecule has 0 saturated carbocycles. The van der Waals surface area contributed by atoms with Gasteiger partial charge in [0.05, 0.1) is 10.9 Å². The Balaban J connectivity index is 1.71. The van der Waals surface area contributed by atoms with Crippen molar-refractivity contribution in [3.63, 3.8) is 0 Å². The number of sulfonamides is 1. The minimum atomic E-state index is -3.57. The van der Waals surface area contributed by atoms with Crippen LogP contribution < -0.4 is 0 Å². The Labute approximate surface area is 153 Å². The molecule has 1 aromatic carbocycles. The lowest BCUT2D eigenvalue weighted by atomic mass is 10.0. The van der Waals surface area contributed by atoms with Gasteiger partial charge in [-0.1, -0.05) is 32.0 Å². The lowest BCUT2D eigenvalue weighted by molar-refractivity contribution is 0.381. The minimum absolute atomic E-state index is 0.290. The summed E-state index contributed by atoms with van der Waals surface area (Å²) in [7, 11) is -3.57. The number of pyridine rings is 1. The molecule has 136 valence electrons. The van der Waals surface area contributed by atoms with Crippen LogP contribution >= 0.6 is 0 Å². The van der Waals surface area contributed by atoms with Crippen molar-refractivity contribution in [1.29, 1.82) is 0 Å². The Bertz CT molecular complexity index is 1030. The average Bonchev–Trinajstić information content (AvgIpc) is 3.28. The second-order valence-corrected chi connectivity index (χ2v) is 8.88. The molecule has 1 saturated heterocycles. The normalized spacial score (nSPS) is 18.8. The molecule has 0 bridgehead atoms. The van der Waals surface area contributed by atoms with Crippen LogP contribution in [0.5, 0.6) is 0 Å². The smallest absolute Gasteiger partial charge is 0.243 e. The van der Waals surface area contributed by atoms with Gasteiger partial charge in [-0.05, 0) is 48.6 Å². The molecule has 1 aliphatic rings. The van der Waals surface area contributed by atoms with Gasteiger partial charge in [0, 0.05) is 12.7 Å². The Morgan fingerprint density at radius 1 is 1.08 bits per heavy atom. The van der Waals surface area contributed by atoms with E-state index in [0.29, 0.717) is 23.2 Å². The highest BCUT2D eigenvalue weighted by Crippen LogP contribution is 2.36. The Hall–Kier alpha value is -2.25. The van der Waals surface area contributed by atoms with Gasteiger partial charge in [0.1, 0.15) is 0 Å². The molecule has 0 N–H and O–H groups in total. The third kappa shape index (κ3) is 2.81. The van der Waals surface area contributed by atoms with Gasteiger partial charge in [0.25, 0.3) is 0 Å². The molecule has 7 heteroatoms. The molecule has 1 atom stereocenters. The van der Waals surface area contributed by atoms with E-state index in [4.69, 9.17) is 0 Å². The molecule has 2 aromatic heterocycles. The zero-order valence-electron chi connectivity index (χ0n) is 14.9. The lowest BCUT2D eigenvalue weighted by Crippen LogP contribution is -2.31. The molecule has 0 radical (unpaired) electrons. The van der Waals surface area contributed by atoms with Crippen molar-refractivity contribution in [3.8, 4) is 0 Å². The van der Waals surface area contributed by atoms with Crippen LogP contribution in [0.2, 0.25) is 0 Å². The van der Waals surface area contributed by atoms with Crippen molar-refractivity contribution in [2.45, 2.75) is 43.5 Å². The summed E-state index contributed by atoms with van der Waals surface area (Å²) in [6, 6.07) is 12.6. The largest absolute Gasteiger partial charge is 0.285 e. The van der Waals surface area contributed by atoms with Crippen LogP contribution in [-0.2, 0) is 10.0 Å². The van der Waals surface area contributed by atoms with E-state index in [2.05, 4.69) is 24.0 Å². The van der Waals surface area contributed by atoms with Crippen LogP contribution in [0.3, 0.4) is 0 Å². The summed E-state index contributed by atoms with van der Waals surface area (Å²) in [6.07, 6.45) is 3.44. The van der Waals surface area contributed by atoms with Gasteiger partial charge in [0.2, 0.25) is 10.0 Å². The zero-order chi connectivity index (χ0) is 18.3. The van der Waals surface area contributed by atoms with Gasteiger partial charge in [-0.2, -0.15) is 4.31 Å². The number of hydrogen-bond donors (Lipinski definition) is 0. The molecule has 0 amide bonds. The first-order chi connectivity index (χ1) is 12.5. The highest BCUT2D eigenvalue weighted by Gasteiger charge is 2.38. The molecule has 6 nitrogen and oxygen atoms in total. The first kappa shape index (κ1) is 17.2. The number of nitrogens with zero attached hydrogens (tertiary/aromatic N) is 4. The van der Waals surface area contributed by atoms with E-state index < -0.39 is 10.0 Å². The molecule has 1 aliphatic heterocycles. The number of aromatic nitrogens is 3. The number of benzene rings is 1. The van der Waals surface area contributed by atoms with E-state index in [0.717, 1.165) is 24.1 Å². The Morgan fingerprint density at radius 3 is 2.58 bits per heavy atom. The average molecular weight is 370 g/mol. The topological polar surface area (TPSA) is 67.6 Å². The molecule has 4 rings (SSSR count). The Kier molecular flexibility index (Phi) is 4.28. The fourth-order valence-electron chi connectivity index (χ4n) is 3.53. The van der Waals surface area contributed by atoms with E-state index in [1.165, 1.54) is 0 Å². The van der Waals surface area contributed by atoms with Crippen LogP contribution in [0.1, 0.15) is 50.0 Å². The highest BCUT2D eigenvalue weighted by atomic mass is 32.2. The predicted molar refractivity (Wildman–Crippen MR) is 99.4 cm³/mol. The van der Waals surface area contributed by atoms with Gasteiger partial charge in [-0.25, -0.2) is 8.42 Å². The Morgan fingerprint density at radius 2 is 1.85 bits per heavy atom. The van der Waals surface area contributed by atoms with Crippen molar-refractivity contribution >= 4 is 15.7 Å².